The monoisotopic (exact) mass is 270 g/mol. The summed E-state index contributed by atoms with van der Waals surface area (Å²) in [7, 11) is 5.13. The molecule has 0 spiro atoms. The van der Waals surface area contributed by atoms with Gasteiger partial charge in [-0.25, -0.2) is 4.39 Å². The van der Waals surface area contributed by atoms with Gasteiger partial charge in [0.05, 0.1) is 13.7 Å². The van der Waals surface area contributed by atoms with Gasteiger partial charge in [0, 0.05) is 38.9 Å². The van der Waals surface area contributed by atoms with Crippen molar-refractivity contribution in [1.29, 1.82) is 0 Å². The molecule has 19 heavy (non-hydrogen) atoms. The molecule has 0 unspecified atom stereocenters. The Morgan fingerprint density at radius 1 is 1.26 bits per heavy atom. The molecule has 108 valence electrons. The zero-order valence-electron chi connectivity index (χ0n) is 11.9. The normalized spacial score (nSPS) is 11.0. The van der Waals surface area contributed by atoms with Gasteiger partial charge in [0.25, 0.3) is 0 Å². The SMILES string of the molecule is COCCNCCN(C)Cc1cccc(OC)c1F. The summed E-state index contributed by atoms with van der Waals surface area (Å²) in [5.41, 5.74) is 0.652. The van der Waals surface area contributed by atoms with Crippen LogP contribution in [0.4, 0.5) is 4.39 Å². The van der Waals surface area contributed by atoms with E-state index in [1.165, 1.54) is 7.11 Å². The third kappa shape index (κ3) is 5.55. The summed E-state index contributed by atoms with van der Waals surface area (Å²) in [4.78, 5) is 2.07. The number of nitrogens with zero attached hydrogens (tertiary/aromatic N) is 1. The first kappa shape index (κ1) is 15.9. The zero-order chi connectivity index (χ0) is 14.1. The van der Waals surface area contributed by atoms with Gasteiger partial charge in [-0.1, -0.05) is 12.1 Å². The third-order valence-electron chi connectivity index (χ3n) is 2.86. The van der Waals surface area contributed by atoms with Crippen LogP contribution < -0.4 is 10.1 Å². The second-order valence-electron chi connectivity index (χ2n) is 4.41. The van der Waals surface area contributed by atoms with Gasteiger partial charge in [-0.3, -0.25) is 0 Å². The van der Waals surface area contributed by atoms with Crippen LogP contribution in [0.1, 0.15) is 5.56 Å². The van der Waals surface area contributed by atoms with Crippen LogP contribution in [0.5, 0.6) is 5.75 Å². The fourth-order valence-electron chi connectivity index (χ4n) is 1.77. The lowest BCUT2D eigenvalue weighted by Crippen LogP contribution is -2.30. The van der Waals surface area contributed by atoms with Crippen molar-refractivity contribution in [3.8, 4) is 5.75 Å². The fourth-order valence-corrected chi connectivity index (χ4v) is 1.77. The van der Waals surface area contributed by atoms with Gasteiger partial charge in [0.2, 0.25) is 0 Å². The fraction of sp³-hybridized carbons (Fsp3) is 0.571. The van der Waals surface area contributed by atoms with Crippen molar-refractivity contribution in [2.24, 2.45) is 0 Å². The largest absolute Gasteiger partial charge is 0.494 e. The van der Waals surface area contributed by atoms with Crippen molar-refractivity contribution in [3.05, 3.63) is 29.6 Å². The smallest absolute Gasteiger partial charge is 0.169 e. The number of likely N-dealkylation sites (N-methyl/N-ethyl adjacent to an activating group) is 1. The van der Waals surface area contributed by atoms with Crippen LogP contribution in [0.25, 0.3) is 0 Å². The van der Waals surface area contributed by atoms with E-state index in [0.717, 1.165) is 19.6 Å². The van der Waals surface area contributed by atoms with Crippen LogP contribution in [0, 0.1) is 5.82 Å². The van der Waals surface area contributed by atoms with Gasteiger partial charge in [-0.2, -0.15) is 0 Å². The van der Waals surface area contributed by atoms with E-state index in [0.29, 0.717) is 24.5 Å². The van der Waals surface area contributed by atoms with Gasteiger partial charge < -0.3 is 19.7 Å². The molecule has 5 heteroatoms. The summed E-state index contributed by atoms with van der Waals surface area (Å²) in [5, 5.41) is 3.26. The molecule has 4 nitrogen and oxygen atoms in total. The average molecular weight is 270 g/mol. The Hall–Kier alpha value is -1.17. The molecule has 1 aromatic rings. The van der Waals surface area contributed by atoms with Crippen molar-refractivity contribution in [1.82, 2.24) is 10.2 Å². The van der Waals surface area contributed by atoms with E-state index < -0.39 is 0 Å². The molecule has 0 saturated carbocycles. The number of nitrogens with one attached hydrogen (secondary N) is 1. The van der Waals surface area contributed by atoms with E-state index in [-0.39, 0.29) is 5.82 Å². The van der Waals surface area contributed by atoms with Crippen LogP contribution in [0.3, 0.4) is 0 Å². The highest BCUT2D eigenvalue weighted by Gasteiger charge is 2.09. The number of hydrogen-bond acceptors (Lipinski definition) is 4. The van der Waals surface area contributed by atoms with Crippen molar-refractivity contribution >= 4 is 0 Å². The van der Waals surface area contributed by atoms with E-state index in [2.05, 4.69) is 10.2 Å². The Balaban J connectivity index is 2.37. The molecule has 0 bridgehead atoms. The first-order valence-electron chi connectivity index (χ1n) is 6.38. The van der Waals surface area contributed by atoms with Gasteiger partial charge in [0.1, 0.15) is 0 Å². The number of methoxy groups -OCH3 is 2. The summed E-state index contributed by atoms with van der Waals surface area (Å²) < 4.78 is 23.9. The first-order chi connectivity index (χ1) is 9.19. The average Bonchev–Trinajstić information content (AvgIpc) is 2.41. The van der Waals surface area contributed by atoms with Crippen molar-refractivity contribution in [3.63, 3.8) is 0 Å². The van der Waals surface area contributed by atoms with Gasteiger partial charge in [-0.05, 0) is 13.1 Å². The summed E-state index contributed by atoms with van der Waals surface area (Å²) in [6.45, 7) is 3.80. The molecule has 0 heterocycles. The van der Waals surface area contributed by atoms with Gasteiger partial charge in [-0.15, -0.1) is 0 Å². The highest BCUT2D eigenvalue weighted by Crippen LogP contribution is 2.20. The minimum atomic E-state index is -0.274. The number of rotatable bonds is 9. The van der Waals surface area contributed by atoms with E-state index in [4.69, 9.17) is 9.47 Å². The highest BCUT2D eigenvalue weighted by atomic mass is 19.1. The Kier molecular flexibility index (Phi) is 7.40. The van der Waals surface area contributed by atoms with E-state index in [9.17, 15) is 4.39 Å². The van der Waals surface area contributed by atoms with Gasteiger partial charge in [0.15, 0.2) is 11.6 Å². The van der Waals surface area contributed by atoms with Gasteiger partial charge >= 0.3 is 0 Å². The second-order valence-corrected chi connectivity index (χ2v) is 4.41. The molecule has 1 aromatic carbocycles. The van der Waals surface area contributed by atoms with E-state index >= 15 is 0 Å². The molecule has 0 fully saturated rings. The Bertz CT molecular complexity index is 374. The molecule has 0 saturated heterocycles. The second kappa shape index (κ2) is 8.85. The lowest BCUT2D eigenvalue weighted by Gasteiger charge is -2.18. The standard InChI is InChI=1S/C14H23FN2O2/c1-17(9-7-16-8-10-18-2)11-12-5-4-6-13(19-3)14(12)15/h4-6,16H,7-11H2,1-3H3. The molecule has 0 atom stereocenters. The van der Waals surface area contributed by atoms with Crippen molar-refractivity contribution in [2.45, 2.75) is 6.54 Å². The molecule has 0 aliphatic heterocycles. The minimum Gasteiger partial charge on any atom is -0.494 e. The molecule has 1 N–H and O–H groups in total. The van der Waals surface area contributed by atoms with Crippen molar-refractivity contribution < 1.29 is 13.9 Å². The number of benzene rings is 1. The Morgan fingerprint density at radius 2 is 2.05 bits per heavy atom. The summed E-state index contributed by atoms with van der Waals surface area (Å²) in [6, 6.07) is 5.22. The number of halogens is 1. The lowest BCUT2D eigenvalue weighted by molar-refractivity contribution is 0.197. The molecule has 0 aromatic heterocycles. The van der Waals surface area contributed by atoms with Crippen LogP contribution in [0.2, 0.25) is 0 Å². The van der Waals surface area contributed by atoms with Crippen LogP contribution in [-0.2, 0) is 11.3 Å². The molecule has 0 aliphatic rings. The summed E-state index contributed by atoms with van der Waals surface area (Å²) >= 11 is 0. The summed E-state index contributed by atoms with van der Waals surface area (Å²) in [6.07, 6.45) is 0. The number of ether oxygens (including phenoxy) is 2. The zero-order valence-corrected chi connectivity index (χ0v) is 11.9. The van der Waals surface area contributed by atoms with Crippen molar-refractivity contribution in [2.75, 3.05) is 47.5 Å². The molecule has 0 amide bonds. The maximum Gasteiger partial charge on any atom is 0.169 e. The number of hydrogen-bond donors (Lipinski definition) is 1. The van der Waals surface area contributed by atoms with Crippen LogP contribution >= 0.6 is 0 Å². The molecule has 0 aliphatic carbocycles. The van der Waals surface area contributed by atoms with Crippen LogP contribution in [0.15, 0.2) is 18.2 Å². The Labute approximate surface area is 114 Å². The minimum absolute atomic E-state index is 0.274. The Morgan fingerprint density at radius 3 is 2.74 bits per heavy atom. The molecule has 0 radical (unpaired) electrons. The maximum absolute atomic E-state index is 13.9. The lowest BCUT2D eigenvalue weighted by atomic mass is 10.2. The molecular formula is C14H23FN2O2. The van der Waals surface area contributed by atoms with E-state index in [1.807, 2.05) is 13.1 Å². The third-order valence-corrected chi connectivity index (χ3v) is 2.86. The quantitative estimate of drug-likeness (QED) is 0.690. The topological polar surface area (TPSA) is 33.7 Å². The molecular weight excluding hydrogens is 247 g/mol. The highest BCUT2D eigenvalue weighted by molar-refractivity contribution is 5.30. The summed E-state index contributed by atoms with van der Waals surface area (Å²) in [5.74, 6) is 0.0216. The van der Waals surface area contributed by atoms with Crippen LogP contribution in [-0.4, -0.2) is 52.4 Å². The van der Waals surface area contributed by atoms with E-state index in [1.54, 1.807) is 19.2 Å². The predicted octanol–water partition coefficient (Wildman–Crippen LogP) is 1.50. The first-order valence-corrected chi connectivity index (χ1v) is 6.38. The maximum atomic E-state index is 13.9. The predicted molar refractivity (Wildman–Crippen MR) is 74.0 cm³/mol. The molecule has 1 rings (SSSR count).